The van der Waals surface area contributed by atoms with Crippen LogP contribution in [0.1, 0.15) is 31.5 Å². The zero-order valence-corrected chi connectivity index (χ0v) is 16.7. The first-order chi connectivity index (χ1) is 14.0. The number of aliphatic imine (C=N–C) groups is 1. The van der Waals surface area contributed by atoms with E-state index < -0.39 is 17.3 Å². The number of methoxy groups -OCH3 is 1. The molecule has 0 radical (unpaired) electrons. The van der Waals surface area contributed by atoms with Gasteiger partial charge >= 0.3 is 6.18 Å². The number of anilines is 1. The van der Waals surface area contributed by atoms with Gasteiger partial charge in [-0.1, -0.05) is 0 Å². The Hall–Kier alpha value is -3.48. The van der Waals surface area contributed by atoms with Crippen LogP contribution in [0.4, 0.5) is 18.9 Å². The molecule has 2 rings (SSSR count). The number of aromatic nitrogens is 1. The zero-order chi connectivity index (χ0) is 22.4. The molecular weight excluding hydrogens is 399 g/mol. The summed E-state index contributed by atoms with van der Waals surface area (Å²) in [5.41, 5.74) is 5.12. The van der Waals surface area contributed by atoms with E-state index in [4.69, 9.17) is 20.5 Å². The van der Waals surface area contributed by atoms with Crippen molar-refractivity contribution in [3.05, 3.63) is 47.8 Å². The van der Waals surface area contributed by atoms with Crippen molar-refractivity contribution >= 4 is 11.6 Å². The van der Waals surface area contributed by atoms with Gasteiger partial charge in [0.05, 0.1) is 24.6 Å². The van der Waals surface area contributed by atoms with Crippen molar-refractivity contribution < 1.29 is 22.6 Å². The van der Waals surface area contributed by atoms with Gasteiger partial charge in [-0.25, -0.2) is 4.98 Å². The minimum absolute atomic E-state index is 0.133. The third-order valence-corrected chi connectivity index (χ3v) is 4.02. The van der Waals surface area contributed by atoms with Crippen molar-refractivity contribution in [2.24, 2.45) is 10.7 Å². The van der Waals surface area contributed by atoms with Crippen LogP contribution in [0.2, 0.25) is 0 Å². The summed E-state index contributed by atoms with van der Waals surface area (Å²) >= 11 is 0. The maximum atomic E-state index is 12.6. The Balaban J connectivity index is 1.92. The first-order valence-electron chi connectivity index (χ1n) is 8.91. The van der Waals surface area contributed by atoms with Crippen LogP contribution in [0.25, 0.3) is 0 Å². The van der Waals surface area contributed by atoms with Crippen molar-refractivity contribution in [2.75, 3.05) is 19.0 Å². The molecule has 3 N–H and O–H groups in total. The minimum atomic E-state index is -4.39. The van der Waals surface area contributed by atoms with E-state index in [1.807, 2.05) is 6.07 Å². The van der Waals surface area contributed by atoms with Gasteiger partial charge in [0.15, 0.2) is 17.4 Å². The van der Waals surface area contributed by atoms with Gasteiger partial charge in [-0.15, -0.1) is 0 Å². The third kappa shape index (κ3) is 6.55. The Labute approximate surface area is 172 Å². The molecule has 0 aliphatic heterocycles. The number of pyridine rings is 1. The Morgan fingerprint density at radius 1 is 1.27 bits per heavy atom. The third-order valence-electron chi connectivity index (χ3n) is 4.02. The molecule has 30 heavy (non-hydrogen) atoms. The number of hydrogen-bond donors (Lipinski definition) is 2. The summed E-state index contributed by atoms with van der Waals surface area (Å²) in [6, 6.07) is 8.02. The van der Waals surface area contributed by atoms with Gasteiger partial charge in [0, 0.05) is 19.0 Å². The van der Waals surface area contributed by atoms with Crippen LogP contribution < -0.4 is 20.5 Å². The second kappa shape index (κ2) is 9.35. The molecule has 0 amide bonds. The smallest absolute Gasteiger partial charge is 0.416 e. The van der Waals surface area contributed by atoms with Crippen LogP contribution in [-0.4, -0.2) is 30.2 Å². The van der Waals surface area contributed by atoms with E-state index >= 15 is 0 Å². The largest absolute Gasteiger partial charge is 0.494 e. The monoisotopic (exact) mass is 421 g/mol. The van der Waals surface area contributed by atoms with Crippen LogP contribution in [0.15, 0.2) is 41.5 Å². The maximum absolute atomic E-state index is 12.6. The lowest BCUT2D eigenvalue weighted by molar-refractivity contribution is -0.137. The van der Waals surface area contributed by atoms with Gasteiger partial charge < -0.3 is 20.5 Å². The minimum Gasteiger partial charge on any atom is -0.494 e. The molecule has 0 spiro atoms. The summed E-state index contributed by atoms with van der Waals surface area (Å²) in [6.07, 6.45) is -2.49. The summed E-state index contributed by atoms with van der Waals surface area (Å²) < 4.78 is 48.8. The first-order valence-corrected chi connectivity index (χ1v) is 8.91. The van der Waals surface area contributed by atoms with Gasteiger partial charge in [0.1, 0.15) is 17.4 Å². The quantitative estimate of drug-likeness (QED) is 0.518. The summed E-state index contributed by atoms with van der Waals surface area (Å²) in [4.78, 5) is 8.17. The second-order valence-corrected chi connectivity index (χ2v) is 6.91. The average molecular weight is 421 g/mol. The van der Waals surface area contributed by atoms with Crippen molar-refractivity contribution in [1.82, 2.24) is 4.98 Å². The lowest BCUT2D eigenvalue weighted by Gasteiger charge is -2.26. The summed E-state index contributed by atoms with van der Waals surface area (Å²) in [5.74, 6) is 0.772. The maximum Gasteiger partial charge on any atom is 0.416 e. The van der Waals surface area contributed by atoms with Crippen molar-refractivity contribution in [1.29, 1.82) is 5.26 Å². The average Bonchev–Trinajstić information content (AvgIpc) is 2.67. The number of ether oxygens (including phenoxy) is 2. The lowest BCUT2D eigenvalue weighted by Crippen LogP contribution is -2.30. The molecular formula is C20H22F3N5O2. The van der Waals surface area contributed by atoms with Gasteiger partial charge in [-0.05, 0) is 38.1 Å². The predicted molar refractivity (Wildman–Crippen MR) is 106 cm³/mol. The molecule has 0 bridgehead atoms. The Kier molecular flexibility index (Phi) is 7.10. The van der Waals surface area contributed by atoms with Crippen LogP contribution in [0.3, 0.4) is 0 Å². The number of nitrogens with zero attached hydrogens (tertiary/aromatic N) is 3. The zero-order valence-electron chi connectivity index (χ0n) is 16.7. The van der Waals surface area contributed by atoms with E-state index in [9.17, 15) is 13.2 Å². The number of benzene rings is 1. The first kappa shape index (κ1) is 22.8. The van der Waals surface area contributed by atoms with Crippen molar-refractivity contribution in [2.45, 2.75) is 32.0 Å². The second-order valence-electron chi connectivity index (χ2n) is 6.91. The highest BCUT2D eigenvalue weighted by atomic mass is 19.4. The molecule has 0 fully saturated rings. The molecule has 1 aromatic carbocycles. The summed E-state index contributed by atoms with van der Waals surface area (Å²) in [5, 5.41) is 11.8. The molecule has 10 heteroatoms. The molecule has 0 saturated heterocycles. The van der Waals surface area contributed by atoms with Gasteiger partial charge in [-0.2, -0.15) is 18.4 Å². The number of guanidine groups is 1. The molecule has 0 atom stereocenters. The van der Waals surface area contributed by atoms with E-state index in [1.54, 1.807) is 19.9 Å². The van der Waals surface area contributed by atoms with E-state index in [2.05, 4.69) is 15.3 Å². The van der Waals surface area contributed by atoms with Gasteiger partial charge in [-0.3, -0.25) is 4.99 Å². The lowest BCUT2D eigenvalue weighted by atomic mass is 10.1. The van der Waals surface area contributed by atoms with E-state index in [0.717, 1.165) is 12.1 Å². The van der Waals surface area contributed by atoms with Gasteiger partial charge in [0.2, 0.25) is 0 Å². The molecule has 0 unspecified atom stereocenters. The summed E-state index contributed by atoms with van der Waals surface area (Å²) in [6.45, 7) is 3.92. The number of nitrogens with one attached hydrogen (secondary N) is 1. The van der Waals surface area contributed by atoms with Crippen molar-refractivity contribution in [3.63, 3.8) is 0 Å². The molecule has 1 aromatic heterocycles. The molecule has 0 aliphatic carbocycles. The van der Waals surface area contributed by atoms with Crippen molar-refractivity contribution in [3.8, 4) is 17.6 Å². The Morgan fingerprint density at radius 2 is 1.93 bits per heavy atom. The fourth-order valence-electron chi connectivity index (χ4n) is 2.47. The fourth-order valence-corrected chi connectivity index (χ4v) is 2.47. The highest BCUT2D eigenvalue weighted by Gasteiger charge is 2.30. The number of nitriles is 1. The molecule has 2 aromatic rings. The Morgan fingerprint density at radius 3 is 2.50 bits per heavy atom. The van der Waals surface area contributed by atoms with E-state index in [0.29, 0.717) is 30.2 Å². The Bertz CT molecular complexity index is 935. The number of rotatable bonds is 7. The predicted octanol–water partition coefficient (Wildman–Crippen LogP) is 3.95. The molecule has 160 valence electrons. The molecule has 1 heterocycles. The highest BCUT2D eigenvalue weighted by molar-refractivity contribution is 5.92. The number of alkyl halides is 3. The van der Waals surface area contributed by atoms with Crippen LogP contribution in [0.5, 0.6) is 11.5 Å². The standard InChI is InChI=1S/C20H22F3N5O2/c1-19(2,30-15-6-4-13(5-7-15)20(21,22)23)8-9-26-18(25)28-14-10-17(29-3)16(11-24)27-12-14/h4-7,10,12H,8-9H2,1-3H3,(H3,25,26,28). The fraction of sp³-hybridized carbons (Fsp3) is 0.350. The van der Waals surface area contributed by atoms with Crippen LogP contribution in [0, 0.1) is 11.3 Å². The number of halogens is 3. The number of hydrogen-bond acceptors (Lipinski definition) is 5. The van der Waals surface area contributed by atoms with E-state index in [1.165, 1.54) is 25.4 Å². The molecule has 0 saturated carbocycles. The topological polar surface area (TPSA) is 106 Å². The van der Waals surface area contributed by atoms with Crippen LogP contribution in [-0.2, 0) is 6.18 Å². The molecule has 0 aliphatic rings. The molecule has 7 nitrogen and oxygen atoms in total. The highest BCUT2D eigenvalue weighted by Crippen LogP contribution is 2.31. The summed E-state index contributed by atoms with van der Waals surface area (Å²) in [7, 11) is 1.43. The normalized spacial score (nSPS) is 12.2. The van der Waals surface area contributed by atoms with Crippen LogP contribution >= 0.6 is 0 Å². The number of nitrogens with two attached hydrogens (primary N) is 1. The van der Waals surface area contributed by atoms with E-state index in [-0.39, 0.29) is 11.7 Å². The SMILES string of the molecule is COc1cc(NC(N)=NCCC(C)(C)Oc2ccc(C(F)(F)F)cc2)cnc1C#N. The van der Waals surface area contributed by atoms with Gasteiger partial charge in [0.25, 0.3) is 0 Å².